The second-order valence-corrected chi connectivity index (χ2v) is 4.85. The fraction of sp³-hybridized carbons (Fsp3) is 0.118. The van der Waals surface area contributed by atoms with Gasteiger partial charge >= 0.3 is 0 Å². The summed E-state index contributed by atoms with van der Waals surface area (Å²) >= 11 is 0. The summed E-state index contributed by atoms with van der Waals surface area (Å²) in [5, 5.41) is 19.8. The smallest absolute Gasteiger partial charge is 0.201 e. The Morgan fingerprint density at radius 3 is 2.65 bits per heavy atom. The summed E-state index contributed by atoms with van der Waals surface area (Å²) in [4.78, 5) is 0. The van der Waals surface area contributed by atoms with Crippen molar-refractivity contribution in [3.63, 3.8) is 0 Å². The number of rotatable bonds is 6. The average molecular weight is 307 g/mol. The quantitative estimate of drug-likeness (QED) is 0.433. The van der Waals surface area contributed by atoms with Gasteiger partial charge in [-0.25, -0.2) is 0 Å². The lowest BCUT2D eigenvalue weighted by atomic mass is 10.2. The van der Waals surface area contributed by atoms with Gasteiger partial charge in [0.2, 0.25) is 5.71 Å². The van der Waals surface area contributed by atoms with Crippen molar-refractivity contribution in [3.8, 4) is 11.8 Å². The van der Waals surface area contributed by atoms with Crippen LogP contribution in [-0.2, 0) is 6.61 Å². The number of anilines is 1. The Morgan fingerprint density at radius 2 is 2.04 bits per heavy atom. The molecule has 0 saturated carbocycles. The van der Waals surface area contributed by atoms with E-state index in [0.717, 1.165) is 16.9 Å². The monoisotopic (exact) mass is 307 g/mol. The van der Waals surface area contributed by atoms with Crippen molar-refractivity contribution in [1.29, 1.82) is 10.7 Å². The highest BCUT2D eigenvalue weighted by molar-refractivity contribution is 6.45. The largest absolute Gasteiger partial charge is 0.489 e. The van der Waals surface area contributed by atoms with Crippen molar-refractivity contribution >= 4 is 17.2 Å². The number of hydrogen-bond acceptors (Lipinski definition) is 5. The van der Waals surface area contributed by atoms with Gasteiger partial charge in [0.15, 0.2) is 5.84 Å². The van der Waals surface area contributed by atoms with Crippen LogP contribution in [0.4, 0.5) is 5.69 Å². The van der Waals surface area contributed by atoms with Gasteiger partial charge in [-0.1, -0.05) is 30.3 Å². The normalized spacial score (nSPS) is 10.7. The number of nitrogens with two attached hydrogens (primary N) is 1. The van der Waals surface area contributed by atoms with Crippen molar-refractivity contribution < 1.29 is 4.74 Å². The van der Waals surface area contributed by atoms with E-state index in [9.17, 15) is 0 Å². The Bertz CT molecular complexity index is 762. The maximum Gasteiger partial charge on any atom is 0.201 e. The van der Waals surface area contributed by atoms with Crippen molar-refractivity contribution in [1.82, 2.24) is 0 Å². The molecular weight excluding hydrogens is 290 g/mol. The average Bonchev–Trinajstić information content (AvgIpc) is 2.55. The number of amidine groups is 1. The standard InChI is InChI=1S/C17H17N5O/c1-12-9-14(23-11-13-5-3-2-4-6-13)7-8-15(12)21-22-16(10-18)17(19)20/h2-9,21H,11H2,1H3,(H3,19,20)/b22-16+. The highest BCUT2D eigenvalue weighted by Gasteiger charge is 2.04. The van der Waals surface area contributed by atoms with Crippen LogP contribution in [0.2, 0.25) is 0 Å². The molecule has 0 spiro atoms. The molecule has 6 nitrogen and oxygen atoms in total. The van der Waals surface area contributed by atoms with E-state index in [1.54, 1.807) is 12.1 Å². The van der Waals surface area contributed by atoms with Crippen molar-refractivity contribution in [3.05, 3.63) is 59.7 Å². The van der Waals surface area contributed by atoms with Crippen LogP contribution in [-0.4, -0.2) is 11.5 Å². The van der Waals surface area contributed by atoms with E-state index < -0.39 is 0 Å². The molecule has 2 rings (SSSR count). The molecule has 0 aromatic heterocycles. The second kappa shape index (κ2) is 7.61. The zero-order valence-corrected chi connectivity index (χ0v) is 12.7. The Hall–Kier alpha value is -3.33. The molecule has 23 heavy (non-hydrogen) atoms. The molecule has 0 bridgehead atoms. The number of nitrogens with one attached hydrogen (secondary N) is 2. The summed E-state index contributed by atoms with van der Waals surface area (Å²) < 4.78 is 5.74. The topological polar surface area (TPSA) is 107 Å². The molecule has 0 heterocycles. The minimum atomic E-state index is -0.375. The predicted octanol–water partition coefficient (Wildman–Crippen LogP) is 2.80. The second-order valence-electron chi connectivity index (χ2n) is 4.85. The van der Waals surface area contributed by atoms with E-state index in [-0.39, 0.29) is 11.5 Å². The maximum atomic E-state index is 8.80. The molecular formula is C17H17N5O. The first-order valence-corrected chi connectivity index (χ1v) is 6.95. The van der Waals surface area contributed by atoms with Crippen LogP contribution in [0.5, 0.6) is 5.75 Å². The third kappa shape index (κ3) is 4.58. The van der Waals surface area contributed by atoms with Gasteiger partial charge in [-0.2, -0.15) is 10.4 Å². The van der Waals surface area contributed by atoms with Crippen LogP contribution >= 0.6 is 0 Å². The number of aryl methyl sites for hydroxylation is 1. The minimum absolute atomic E-state index is 0.159. The summed E-state index contributed by atoms with van der Waals surface area (Å²) in [6.07, 6.45) is 0. The highest BCUT2D eigenvalue weighted by atomic mass is 16.5. The fourth-order valence-electron chi connectivity index (χ4n) is 1.85. The van der Waals surface area contributed by atoms with Crippen LogP contribution in [0.3, 0.4) is 0 Å². The molecule has 4 N–H and O–H groups in total. The molecule has 2 aromatic carbocycles. The number of hydrogen-bond donors (Lipinski definition) is 3. The minimum Gasteiger partial charge on any atom is -0.489 e. The predicted molar refractivity (Wildman–Crippen MR) is 90.5 cm³/mol. The molecule has 116 valence electrons. The van der Waals surface area contributed by atoms with E-state index in [1.807, 2.05) is 49.4 Å². The number of nitriles is 1. The van der Waals surface area contributed by atoms with E-state index in [0.29, 0.717) is 12.3 Å². The lowest BCUT2D eigenvalue weighted by Gasteiger charge is -2.10. The Balaban J connectivity index is 2.03. The molecule has 6 heteroatoms. The zero-order chi connectivity index (χ0) is 16.7. The Labute approximate surface area is 134 Å². The third-order valence-electron chi connectivity index (χ3n) is 3.10. The fourth-order valence-corrected chi connectivity index (χ4v) is 1.85. The van der Waals surface area contributed by atoms with Gasteiger partial charge in [0.25, 0.3) is 0 Å². The van der Waals surface area contributed by atoms with Gasteiger partial charge in [-0.15, -0.1) is 0 Å². The SMILES string of the molecule is Cc1cc(OCc2ccccc2)ccc1N/N=C(\C#N)C(=N)N. The Morgan fingerprint density at radius 1 is 1.30 bits per heavy atom. The molecule has 0 aliphatic rings. The molecule has 0 aliphatic carbocycles. The van der Waals surface area contributed by atoms with Crippen molar-refractivity contribution in [2.24, 2.45) is 10.8 Å². The van der Waals surface area contributed by atoms with Crippen LogP contribution in [0.15, 0.2) is 53.6 Å². The number of hydrazone groups is 1. The molecule has 0 radical (unpaired) electrons. The number of ether oxygens (including phenoxy) is 1. The van der Waals surface area contributed by atoms with Crippen molar-refractivity contribution in [2.75, 3.05) is 5.43 Å². The summed E-state index contributed by atoms with van der Waals surface area (Å²) in [5.74, 6) is 0.369. The van der Waals surface area contributed by atoms with Gasteiger partial charge < -0.3 is 10.5 Å². The summed E-state index contributed by atoms with van der Waals surface area (Å²) in [6, 6.07) is 17.1. The van der Waals surface area contributed by atoms with E-state index in [1.165, 1.54) is 0 Å². The van der Waals surface area contributed by atoms with E-state index in [4.69, 9.17) is 21.1 Å². The maximum absolute atomic E-state index is 8.80. The number of benzene rings is 2. The van der Waals surface area contributed by atoms with E-state index >= 15 is 0 Å². The van der Waals surface area contributed by atoms with E-state index in [2.05, 4.69) is 10.5 Å². The van der Waals surface area contributed by atoms with Crippen LogP contribution in [0, 0.1) is 23.7 Å². The van der Waals surface area contributed by atoms with Gasteiger partial charge in [-0.3, -0.25) is 10.8 Å². The summed E-state index contributed by atoms with van der Waals surface area (Å²) in [6.45, 7) is 2.39. The first kappa shape index (κ1) is 16.0. The molecule has 0 saturated heterocycles. The summed E-state index contributed by atoms with van der Waals surface area (Å²) in [5.41, 5.74) is 10.5. The molecule has 0 atom stereocenters. The van der Waals surface area contributed by atoms with Gasteiger partial charge in [0.1, 0.15) is 18.4 Å². The lowest BCUT2D eigenvalue weighted by Crippen LogP contribution is -2.21. The zero-order valence-electron chi connectivity index (χ0n) is 12.7. The third-order valence-corrected chi connectivity index (χ3v) is 3.10. The van der Waals surface area contributed by atoms with Gasteiger partial charge in [0.05, 0.1) is 5.69 Å². The summed E-state index contributed by atoms with van der Waals surface area (Å²) in [7, 11) is 0. The van der Waals surface area contributed by atoms with Crippen LogP contribution in [0.1, 0.15) is 11.1 Å². The first-order chi connectivity index (χ1) is 11.1. The Kier molecular flexibility index (Phi) is 5.31. The highest BCUT2D eigenvalue weighted by Crippen LogP contribution is 2.22. The van der Waals surface area contributed by atoms with Crippen molar-refractivity contribution in [2.45, 2.75) is 13.5 Å². The van der Waals surface area contributed by atoms with Gasteiger partial charge in [0, 0.05) is 0 Å². The molecule has 0 fully saturated rings. The van der Waals surface area contributed by atoms with Gasteiger partial charge in [-0.05, 0) is 36.2 Å². The lowest BCUT2D eigenvalue weighted by molar-refractivity contribution is 0.306. The van der Waals surface area contributed by atoms with Crippen LogP contribution < -0.4 is 15.9 Å². The molecule has 0 unspecified atom stereocenters. The first-order valence-electron chi connectivity index (χ1n) is 6.95. The molecule has 2 aromatic rings. The molecule has 0 aliphatic heterocycles. The number of nitrogens with zero attached hydrogens (tertiary/aromatic N) is 2. The van der Waals surface area contributed by atoms with Crippen LogP contribution in [0.25, 0.3) is 0 Å². The molecule has 0 amide bonds.